The van der Waals surface area contributed by atoms with Crippen LogP contribution in [0.4, 0.5) is 5.69 Å². The molecular weight excluding hydrogens is 526 g/mol. The minimum absolute atomic E-state index is 0.818. The van der Waals surface area contributed by atoms with E-state index in [2.05, 4.69) is 93.6 Å². The summed E-state index contributed by atoms with van der Waals surface area (Å²) >= 11 is 4.66. The first kappa shape index (κ1) is 18.0. The molecule has 0 unspecified atom stereocenters. The van der Waals surface area contributed by atoms with E-state index in [1.165, 1.54) is 20.0 Å². The van der Waals surface area contributed by atoms with Crippen molar-refractivity contribution in [2.24, 2.45) is 10.9 Å². The van der Waals surface area contributed by atoms with Crippen molar-refractivity contribution in [2.75, 3.05) is 11.9 Å². The zero-order valence-corrected chi connectivity index (χ0v) is 18.1. The molecule has 0 aliphatic heterocycles. The maximum Gasteiger partial charge on any atom is 0.130 e. The van der Waals surface area contributed by atoms with E-state index in [1.54, 1.807) is 0 Å². The number of rotatable bonds is 6. The molecule has 0 spiro atoms. The number of halogens is 2. The largest absolute Gasteiger partial charge is 0.457 e. The normalized spacial score (nSPS) is 14.2. The Morgan fingerprint density at radius 2 is 1.92 bits per heavy atom. The highest BCUT2D eigenvalue weighted by Gasteiger charge is 2.19. The highest BCUT2D eigenvalue weighted by Crippen LogP contribution is 2.32. The molecule has 0 atom stereocenters. The topological polar surface area (TPSA) is 33.6 Å². The Morgan fingerprint density at radius 3 is 2.62 bits per heavy atom. The fourth-order valence-electron chi connectivity index (χ4n) is 2.34. The van der Waals surface area contributed by atoms with Crippen molar-refractivity contribution in [2.45, 2.75) is 26.7 Å². The van der Waals surface area contributed by atoms with Gasteiger partial charge in [-0.1, -0.05) is 0 Å². The predicted molar refractivity (Wildman–Crippen MR) is 118 cm³/mol. The zero-order chi connectivity index (χ0) is 17.1. The smallest absolute Gasteiger partial charge is 0.130 e. The van der Waals surface area contributed by atoms with Crippen LogP contribution in [0.2, 0.25) is 0 Å². The molecule has 0 radical (unpaired) electrons. The highest BCUT2D eigenvalue weighted by molar-refractivity contribution is 14.1. The summed E-state index contributed by atoms with van der Waals surface area (Å²) in [6.45, 7) is 5.09. The van der Waals surface area contributed by atoms with Gasteiger partial charge in [-0.25, -0.2) is 0 Å². The summed E-state index contributed by atoms with van der Waals surface area (Å²) in [5.41, 5.74) is 3.33. The Morgan fingerprint density at radius 1 is 1.12 bits per heavy atom. The van der Waals surface area contributed by atoms with Crippen LogP contribution < -0.4 is 10.1 Å². The molecule has 126 valence electrons. The minimum Gasteiger partial charge on any atom is -0.457 e. The van der Waals surface area contributed by atoms with Gasteiger partial charge in [0.2, 0.25) is 0 Å². The van der Waals surface area contributed by atoms with Gasteiger partial charge in [0.1, 0.15) is 11.5 Å². The first-order chi connectivity index (χ1) is 11.5. The van der Waals surface area contributed by atoms with Gasteiger partial charge < -0.3 is 10.1 Å². The summed E-state index contributed by atoms with van der Waals surface area (Å²) in [6.07, 6.45) is 4.49. The van der Waals surface area contributed by atoms with Gasteiger partial charge in [-0.2, -0.15) is 0 Å². The number of nitrogens with zero attached hydrogens (tertiary/aromatic N) is 1. The average molecular weight is 546 g/mol. The van der Waals surface area contributed by atoms with E-state index in [4.69, 9.17) is 4.74 Å². The molecule has 0 amide bonds. The van der Waals surface area contributed by atoms with Gasteiger partial charge in [-0.05, 0) is 119 Å². The van der Waals surface area contributed by atoms with Gasteiger partial charge in [0.15, 0.2) is 0 Å². The number of aliphatic imine (C=N–C) groups is 1. The summed E-state index contributed by atoms with van der Waals surface area (Å²) in [7, 11) is 0. The zero-order valence-electron chi connectivity index (χ0n) is 13.8. The van der Waals surface area contributed by atoms with E-state index in [9.17, 15) is 0 Å². The number of anilines is 1. The van der Waals surface area contributed by atoms with E-state index in [0.717, 1.165) is 40.8 Å². The molecule has 0 aromatic heterocycles. The number of hydrogen-bond acceptors (Lipinski definition) is 2. The molecule has 3 nitrogen and oxygen atoms in total. The van der Waals surface area contributed by atoms with E-state index in [1.807, 2.05) is 12.4 Å². The Labute approximate surface area is 170 Å². The molecule has 1 aliphatic carbocycles. The van der Waals surface area contributed by atoms with Crippen molar-refractivity contribution in [1.82, 2.24) is 0 Å². The minimum atomic E-state index is 0.818. The maximum absolute atomic E-state index is 6.08. The van der Waals surface area contributed by atoms with Crippen LogP contribution in [0.25, 0.3) is 0 Å². The lowest BCUT2D eigenvalue weighted by Crippen LogP contribution is -2.00. The van der Waals surface area contributed by atoms with Crippen LogP contribution in [0, 0.1) is 26.9 Å². The van der Waals surface area contributed by atoms with E-state index < -0.39 is 0 Å². The molecular formula is C19H20I2N2O. The van der Waals surface area contributed by atoms with Crippen molar-refractivity contribution in [3.8, 4) is 11.5 Å². The van der Waals surface area contributed by atoms with Gasteiger partial charge in [-0.3, -0.25) is 4.99 Å². The van der Waals surface area contributed by atoms with Gasteiger partial charge in [-0.15, -0.1) is 0 Å². The molecule has 2 aromatic carbocycles. The van der Waals surface area contributed by atoms with Crippen molar-refractivity contribution >= 4 is 57.2 Å². The summed E-state index contributed by atoms with van der Waals surface area (Å²) in [5, 5.41) is 3.30. The van der Waals surface area contributed by atoms with Crippen LogP contribution in [-0.4, -0.2) is 12.9 Å². The molecule has 0 saturated heterocycles. The first-order valence-electron chi connectivity index (χ1n) is 8.02. The average Bonchev–Trinajstić information content (AvgIpc) is 3.36. The third-order valence-electron chi connectivity index (χ3n) is 4.01. The summed E-state index contributed by atoms with van der Waals surface area (Å²) in [6, 6.07) is 10.3. The molecule has 1 fully saturated rings. The molecule has 5 heteroatoms. The molecule has 3 rings (SSSR count). The lowest BCUT2D eigenvalue weighted by atomic mass is 10.1. The van der Waals surface area contributed by atoms with Crippen LogP contribution in [0.3, 0.4) is 0 Å². The summed E-state index contributed by atoms with van der Waals surface area (Å²) in [5.74, 6) is 2.58. The van der Waals surface area contributed by atoms with Gasteiger partial charge >= 0.3 is 0 Å². The van der Waals surface area contributed by atoms with Crippen LogP contribution in [0.5, 0.6) is 11.5 Å². The van der Waals surface area contributed by atoms with Crippen LogP contribution in [-0.2, 0) is 0 Å². The molecule has 24 heavy (non-hydrogen) atoms. The Balaban J connectivity index is 1.70. The monoisotopic (exact) mass is 546 g/mol. The van der Waals surface area contributed by atoms with E-state index >= 15 is 0 Å². The van der Waals surface area contributed by atoms with Crippen LogP contribution >= 0.6 is 45.2 Å². The Hall–Kier alpha value is -0.830. The number of nitrogens with one attached hydrogen (secondary N) is 1. The van der Waals surface area contributed by atoms with Gasteiger partial charge in [0.25, 0.3) is 0 Å². The van der Waals surface area contributed by atoms with Gasteiger partial charge in [0, 0.05) is 19.4 Å². The standard InChI is InChI=1S/C19H20I2N2O/c1-12-8-19(24-15-5-6-16(20)17(21)9-15)13(2)7-18(12)23-11-22-10-14-3-4-14/h5-9,11,14H,3-4,10H2,1-2H3,(H,22,23). The number of hydrogen-bond donors (Lipinski definition) is 1. The quantitative estimate of drug-likeness (QED) is 0.268. The molecule has 1 N–H and O–H groups in total. The van der Waals surface area contributed by atoms with Crippen LogP contribution in [0.1, 0.15) is 24.0 Å². The molecule has 1 saturated carbocycles. The molecule has 1 aliphatic rings. The second-order valence-corrected chi connectivity index (χ2v) is 8.52. The summed E-state index contributed by atoms with van der Waals surface area (Å²) < 4.78 is 8.51. The molecule has 0 bridgehead atoms. The van der Waals surface area contributed by atoms with Crippen molar-refractivity contribution in [1.29, 1.82) is 0 Å². The lowest BCUT2D eigenvalue weighted by Gasteiger charge is -2.13. The van der Waals surface area contributed by atoms with E-state index in [-0.39, 0.29) is 0 Å². The van der Waals surface area contributed by atoms with Crippen molar-refractivity contribution in [3.63, 3.8) is 0 Å². The predicted octanol–water partition coefficient (Wildman–Crippen LogP) is 6.16. The lowest BCUT2D eigenvalue weighted by molar-refractivity contribution is 0.478. The van der Waals surface area contributed by atoms with Gasteiger partial charge in [0.05, 0.1) is 6.34 Å². The Bertz CT molecular complexity index is 770. The highest BCUT2D eigenvalue weighted by atomic mass is 127. The second-order valence-electron chi connectivity index (χ2n) is 6.19. The van der Waals surface area contributed by atoms with Crippen LogP contribution in [0.15, 0.2) is 35.3 Å². The van der Waals surface area contributed by atoms with Crippen molar-refractivity contribution < 1.29 is 4.74 Å². The number of benzene rings is 2. The van der Waals surface area contributed by atoms with E-state index in [0.29, 0.717) is 0 Å². The Kier molecular flexibility index (Phi) is 6.02. The third kappa shape index (κ3) is 4.84. The third-order valence-corrected chi connectivity index (χ3v) is 6.88. The fourth-order valence-corrected chi connectivity index (χ4v) is 3.16. The first-order valence-corrected chi connectivity index (χ1v) is 10.2. The maximum atomic E-state index is 6.08. The summed E-state index contributed by atoms with van der Waals surface area (Å²) in [4.78, 5) is 4.44. The second kappa shape index (κ2) is 8.03. The number of ether oxygens (including phenoxy) is 1. The molecule has 2 aromatic rings. The SMILES string of the molecule is Cc1cc(Oc2ccc(I)c(I)c2)c(C)cc1NC=NCC1CC1. The number of aryl methyl sites for hydroxylation is 2. The molecule has 0 heterocycles. The van der Waals surface area contributed by atoms with Crippen molar-refractivity contribution in [3.05, 3.63) is 48.6 Å². The fraction of sp³-hybridized carbons (Fsp3) is 0.316.